The molecule has 2 aromatic heterocycles. The molecule has 33 heavy (non-hydrogen) atoms. The van der Waals surface area contributed by atoms with Gasteiger partial charge in [-0.25, -0.2) is 14.4 Å². The molecule has 0 bridgehead atoms. The number of piperidine rings is 1. The van der Waals surface area contributed by atoms with Crippen molar-refractivity contribution in [3.8, 4) is 11.6 Å². The molecule has 0 radical (unpaired) electrons. The summed E-state index contributed by atoms with van der Waals surface area (Å²) in [6.45, 7) is 3.95. The lowest BCUT2D eigenvalue weighted by Gasteiger charge is -2.32. The first kappa shape index (κ1) is 21.8. The number of aromatic nitrogens is 3. The summed E-state index contributed by atoms with van der Waals surface area (Å²) in [7, 11) is 0. The first-order chi connectivity index (χ1) is 16.0. The highest BCUT2D eigenvalue weighted by molar-refractivity contribution is 5.84. The second-order valence-electron chi connectivity index (χ2n) is 9.10. The SMILES string of the molecule is Cc1c[nH]c2ncnc(Oc3ccc(C[C@H](N)C(=O)NC4CCN(C5CC5)CC4)cc3F)c12. The topological polar surface area (TPSA) is 109 Å². The Bertz CT molecular complexity index is 1150. The fraction of sp³-hybridized carbons (Fsp3) is 0.458. The minimum atomic E-state index is -0.735. The van der Waals surface area contributed by atoms with Gasteiger partial charge in [-0.05, 0) is 62.3 Å². The van der Waals surface area contributed by atoms with Gasteiger partial charge in [0.05, 0.1) is 11.4 Å². The lowest BCUT2D eigenvalue weighted by Crippen LogP contribution is -2.50. The number of hydrogen-bond donors (Lipinski definition) is 3. The molecule has 1 aliphatic heterocycles. The minimum Gasteiger partial charge on any atom is -0.435 e. The summed E-state index contributed by atoms with van der Waals surface area (Å²) in [4.78, 5) is 26.4. The molecule has 1 amide bonds. The second kappa shape index (κ2) is 9.07. The van der Waals surface area contributed by atoms with Crippen LogP contribution in [0.4, 0.5) is 4.39 Å². The monoisotopic (exact) mass is 452 g/mol. The average molecular weight is 453 g/mol. The number of nitrogens with two attached hydrogens (primary N) is 1. The number of nitrogens with zero attached hydrogens (tertiary/aromatic N) is 3. The molecule has 5 rings (SSSR count). The van der Waals surface area contributed by atoms with Gasteiger partial charge >= 0.3 is 0 Å². The van der Waals surface area contributed by atoms with E-state index in [4.69, 9.17) is 10.5 Å². The van der Waals surface area contributed by atoms with Crippen molar-refractivity contribution < 1.29 is 13.9 Å². The van der Waals surface area contributed by atoms with E-state index in [9.17, 15) is 9.18 Å². The van der Waals surface area contributed by atoms with E-state index < -0.39 is 11.9 Å². The Morgan fingerprint density at radius 3 is 2.82 bits per heavy atom. The van der Waals surface area contributed by atoms with E-state index in [1.807, 2.05) is 6.92 Å². The molecular weight excluding hydrogens is 423 g/mol. The highest BCUT2D eigenvalue weighted by Gasteiger charge is 2.32. The standard InChI is InChI=1S/C24H29FN6O2/c1-14-12-27-22-21(14)24(29-13-28-22)33-20-5-2-15(10-18(20)25)11-19(26)23(32)30-16-6-8-31(9-7-16)17-3-4-17/h2,5,10,12-13,16-17,19H,3-4,6-9,11,26H2,1H3,(H,30,32)(H,27,28,29)/t19-/m0/s1. The van der Waals surface area contributed by atoms with E-state index in [-0.39, 0.29) is 30.0 Å². The molecule has 8 nitrogen and oxygen atoms in total. The Hall–Kier alpha value is -3.04. The molecule has 1 aromatic carbocycles. The minimum absolute atomic E-state index is 0.0554. The number of benzene rings is 1. The van der Waals surface area contributed by atoms with E-state index in [1.54, 1.807) is 18.3 Å². The Morgan fingerprint density at radius 2 is 2.09 bits per heavy atom. The zero-order valence-electron chi connectivity index (χ0n) is 18.7. The van der Waals surface area contributed by atoms with Crippen molar-refractivity contribution in [1.29, 1.82) is 0 Å². The predicted molar refractivity (Wildman–Crippen MR) is 123 cm³/mol. The Labute approximate surface area is 191 Å². The molecule has 174 valence electrons. The molecule has 0 spiro atoms. The number of hydrogen-bond acceptors (Lipinski definition) is 6. The van der Waals surface area contributed by atoms with Crippen LogP contribution in [0.25, 0.3) is 11.0 Å². The maximum Gasteiger partial charge on any atom is 0.237 e. The van der Waals surface area contributed by atoms with Crippen LogP contribution in [0.2, 0.25) is 0 Å². The van der Waals surface area contributed by atoms with Crippen LogP contribution >= 0.6 is 0 Å². The van der Waals surface area contributed by atoms with Gasteiger partial charge in [-0.3, -0.25) is 4.79 Å². The third-order valence-corrected chi connectivity index (χ3v) is 6.57. The van der Waals surface area contributed by atoms with E-state index in [0.29, 0.717) is 16.6 Å². The van der Waals surface area contributed by atoms with E-state index in [2.05, 4.69) is 25.2 Å². The van der Waals surface area contributed by atoms with Crippen molar-refractivity contribution in [3.05, 3.63) is 47.7 Å². The molecular formula is C24H29FN6O2. The third kappa shape index (κ3) is 4.84. The molecule has 2 fully saturated rings. The number of nitrogens with one attached hydrogen (secondary N) is 2. The summed E-state index contributed by atoms with van der Waals surface area (Å²) < 4.78 is 20.5. The summed E-state index contributed by atoms with van der Waals surface area (Å²) in [5.41, 5.74) is 8.31. The number of halogens is 1. The van der Waals surface area contributed by atoms with Gasteiger partial charge in [0.1, 0.15) is 12.0 Å². The number of fused-ring (bicyclic) bond motifs is 1. The molecule has 1 saturated heterocycles. The van der Waals surface area contributed by atoms with E-state index in [1.165, 1.54) is 25.2 Å². The Kier molecular flexibility index (Phi) is 5.99. The number of aryl methyl sites for hydroxylation is 1. The zero-order chi connectivity index (χ0) is 22.9. The Morgan fingerprint density at radius 1 is 1.30 bits per heavy atom. The van der Waals surface area contributed by atoms with Crippen LogP contribution in [0.15, 0.2) is 30.7 Å². The lowest BCUT2D eigenvalue weighted by molar-refractivity contribution is -0.123. The molecule has 3 aromatic rings. The normalized spacial score (nSPS) is 18.4. The fourth-order valence-electron chi connectivity index (χ4n) is 4.52. The number of carbonyl (C=O) groups is 1. The predicted octanol–water partition coefficient (Wildman–Crippen LogP) is 2.81. The summed E-state index contributed by atoms with van der Waals surface area (Å²) in [6, 6.07) is 4.81. The van der Waals surface area contributed by atoms with Gasteiger partial charge in [-0.1, -0.05) is 6.07 Å². The van der Waals surface area contributed by atoms with Crippen LogP contribution in [-0.4, -0.2) is 57.0 Å². The highest BCUT2D eigenvalue weighted by atomic mass is 19.1. The number of carbonyl (C=O) groups excluding carboxylic acids is 1. The summed E-state index contributed by atoms with van der Waals surface area (Å²) in [6.07, 6.45) is 7.93. The zero-order valence-corrected chi connectivity index (χ0v) is 18.7. The van der Waals surface area contributed by atoms with Gasteiger partial charge in [0.2, 0.25) is 11.8 Å². The largest absolute Gasteiger partial charge is 0.435 e. The van der Waals surface area contributed by atoms with Gasteiger partial charge in [0.15, 0.2) is 11.6 Å². The summed E-state index contributed by atoms with van der Waals surface area (Å²) in [5, 5.41) is 3.78. The summed E-state index contributed by atoms with van der Waals surface area (Å²) in [5.74, 6) is -0.381. The molecule has 1 aliphatic carbocycles. The smallest absolute Gasteiger partial charge is 0.237 e. The molecule has 1 saturated carbocycles. The number of rotatable bonds is 7. The first-order valence-electron chi connectivity index (χ1n) is 11.5. The van der Waals surface area contributed by atoms with Crippen LogP contribution in [-0.2, 0) is 11.2 Å². The van der Waals surface area contributed by atoms with Crippen LogP contribution in [0.1, 0.15) is 36.8 Å². The molecule has 3 heterocycles. The van der Waals surface area contributed by atoms with Crippen molar-refractivity contribution in [2.75, 3.05) is 13.1 Å². The average Bonchev–Trinajstić information content (AvgIpc) is 3.59. The molecule has 9 heteroatoms. The van der Waals surface area contributed by atoms with Gasteiger partial charge in [0.25, 0.3) is 0 Å². The van der Waals surface area contributed by atoms with Crippen molar-refractivity contribution in [2.24, 2.45) is 5.73 Å². The number of aromatic amines is 1. The van der Waals surface area contributed by atoms with E-state index in [0.717, 1.165) is 37.5 Å². The van der Waals surface area contributed by atoms with Crippen LogP contribution < -0.4 is 15.8 Å². The number of likely N-dealkylation sites (tertiary alicyclic amines) is 1. The van der Waals surface area contributed by atoms with Crippen molar-refractivity contribution >= 4 is 16.9 Å². The number of H-pyrrole nitrogens is 1. The van der Waals surface area contributed by atoms with Crippen LogP contribution in [0, 0.1) is 12.7 Å². The van der Waals surface area contributed by atoms with Crippen LogP contribution in [0.3, 0.4) is 0 Å². The highest BCUT2D eigenvalue weighted by Crippen LogP contribution is 2.31. The maximum absolute atomic E-state index is 14.8. The molecule has 4 N–H and O–H groups in total. The van der Waals surface area contributed by atoms with Gasteiger partial charge < -0.3 is 25.7 Å². The Balaban J connectivity index is 1.18. The molecule has 0 unspecified atom stereocenters. The van der Waals surface area contributed by atoms with Gasteiger partial charge in [-0.2, -0.15) is 0 Å². The molecule has 2 aliphatic rings. The fourth-order valence-corrected chi connectivity index (χ4v) is 4.52. The third-order valence-electron chi connectivity index (χ3n) is 6.57. The van der Waals surface area contributed by atoms with Gasteiger partial charge in [-0.15, -0.1) is 0 Å². The van der Waals surface area contributed by atoms with Crippen molar-refractivity contribution in [2.45, 2.75) is 57.2 Å². The number of ether oxygens (including phenoxy) is 1. The quantitative estimate of drug-likeness (QED) is 0.509. The van der Waals surface area contributed by atoms with E-state index >= 15 is 0 Å². The molecule has 1 atom stereocenters. The number of amides is 1. The summed E-state index contributed by atoms with van der Waals surface area (Å²) >= 11 is 0. The maximum atomic E-state index is 14.8. The lowest BCUT2D eigenvalue weighted by atomic mass is 10.0. The van der Waals surface area contributed by atoms with Crippen molar-refractivity contribution in [1.82, 2.24) is 25.2 Å². The second-order valence-corrected chi connectivity index (χ2v) is 9.10. The van der Waals surface area contributed by atoms with Gasteiger partial charge in [0, 0.05) is 31.4 Å². The first-order valence-corrected chi connectivity index (χ1v) is 11.5. The van der Waals surface area contributed by atoms with Crippen LogP contribution in [0.5, 0.6) is 11.6 Å². The van der Waals surface area contributed by atoms with Crippen molar-refractivity contribution in [3.63, 3.8) is 0 Å².